The van der Waals surface area contributed by atoms with Gasteiger partial charge in [-0.3, -0.25) is 4.79 Å². The van der Waals surface area contributed by atoms with Crippen molar-refractivity contribution in [3.8, 4) is 0 Å². The van der Waals surface area contributed by atoms with Crippen LogP contribution < -0.4 is 11.1 Å². The molecule has 1 aromatic heterocycles. The molecule has 0 unspecified atom stereocenters. The van der Waals surface area contributed by atoms with Gasteiger partial charge in [0.25, 0.3) is 0 Å². The summed E-state index contributed by atoms with van der Waals surface area (Å²) in [5.74, 6) is -0.181. The third-order valence-electron chi connectivity index (χ3n) is 1.77. The minimum atomic E-state index is -0.588. The molecule has 0 aliphatic heterocycles. The maximum Gasteiger partial charge on any atom is 0.242 e. The Labute approximate surface area is 97.0 Å². The molecule has 0 aromatic carbocycles. The van der Waals surface area contributed by atoms with Crippen LogP contribution in [0.3, 0.4) is 0 Å². The highest BCUT2D eigenvalue weighted by atomic mass is 35.5. The fourth-order valence-electron chi connectivity index (χ4n) is 0.830. The predicted molar refractivity (Wildman–Crippen MR) is 58.9 cm³/mol. The van der Waals surface area contributed by atoms with E-state index in [-0.39, 0.29) is 21.9 Å². The van der Waals surface area contributed by atoms with E-state index in [9.17, 15) is 4.79 Å². The van der Waals surface area contributed by atoms with Gasteiger partial charge in [0.1, 0.15) is 11.3 Å². The molecule has 0 saturated heterocycles. The molecule has 1 amide bonds. The first-order chi connectivity index (χ1) is 7.06. The molecule has 0 spiro atoms. The molecule has 1 heterocycles. The summed E-state index contributed by atoms with van der Waals surface area (Å²) in [6.45, 7) is 1.80. The standard InChI is InChI=1S/C8H10Cl2N4O/c1-2-4(11)8(15)14-7-5(9)6(10)12-3-13-7/h3-4H,2,11H2,1H3,(H,12,13,14,15)/t4-/m1/s1. The van der Waals surface area contributed by atoms with Crippen molar-refractivity contribution in [1.82, 2.24) is 9.97 Å². The van der Waals surface area contributed by atoms with Gasteiger partial charge in [-0.15, -0.1) is 0 Å². The second-order valence-electron chi connectivity index (χ2n) is 2.83. The van der Waals surface area contributed by atoms with Crippen molar-refractivity contribution in [3.05, 3.63) is 16.5 Å². The summed E-state index contributed by atoms with van der Waals surface area (Å²) >= 11 is 11.4. The van der Waals surface area contributed by atoms with E-state index in [0.717, 1.165) is 0 Å². The molecule has 0 aliphatic carbocycles. The van der Waals surface area contributed by atoms with Crippen molar-refractivity contribution in [2.45, 2.75) is 19.4 Å². The van der Waals surface area contributed by atoms with Gasteiger partial charge in [0, 0.05) is 0 Å². The maximum atomic E-state index is 11.4. The van der Waals surface area contributed by atoms with Crippen molar-refractivity contribution in [2.75, 3.05) is 5.32 Å². The van der Waals surface area contributed by atoms with Crippen LogP contribution in [0, 0.1) is 0 Å². The first-order valence-corrected chi connectivity index (χ1v) is 5.04. The number of rotatable bonds is 3. The van der Waals surface area contributed by atoms with Gasteiger partial charge < -0.3 is 11.1 Å². The Morgan fingerprint density at radius 2 is 2.27 bits per heavy atom. The number of anilines is 1. The minimum absolute atomic E-state index is 0.0898. The molecule has 82 valence electrons. The molecule has 0 bridgehead atoms. The maximum absolute atomic E-state index is 11.4. The second kappa shape index (κ2) is 5.25. The molecule has 1 rings (SSSR count). The van der Waals surface area contributed by atoms with E-state index in [2.05, 4.69) is 15.3 Å². The average Bonchev–Trinajstić information content (AvgIpc) is 2.23. The van der Waals surface area contributed by atoms with Gasteiger partial charge in [0.05, 0.1) is 6.04 Å². The molecule has 15 heavy (non-hydrogen) atoms. The lowest BCUT2D eigenvalue weighted by atomic mass is 10.2. The summed E-state index contributed by atoms with van der Waals surface area (Å²) in [5, 5.41) is 2.67. The average molecular weight is 249 g/mol. The molecule has 0 radical (unpaired) electrons. The number of amides is 1. The molecule has 0 aliphatic rings. The van der Waals surface area contributed by atoms with E-state index < -0.39 is 6.04 Å². The summed E-state index contributed by atoms with van der Waals surface area (Å²) in [6, 6.07) is -0.588. The molecule has 7 heteroatoms. The number of halogens is 2. The number of nitrogens with one attached hydrogen (secondary N) is 1. The lowest BCUT2D eigenvalue weighted by Gasteiger charge is -2.10. The molecule has 1 aromatic rings. The Hall–Kier alpha value is -0.910. The van der Waals surface area contributed by atoms with Gasteiger partial charge in [0.2, 0.25) is 5.91 Å². The number of aromatic nitrogens is 2. The third-order valence-corrected chi connectivity index (χ3v) is 2.51. The fourth-order valence-corrected chi connectivity index (χ4v) is 1.11. The molecular weight excluding hydrogens is 239 g/mol. The highest BCUT2D eigenvalue weighted by Crippen LogP contribution is 2.25. The fraction of sp³-hybridized carbons (Fsp3) is 0.375. The van der Waals surface area contributed by atoms with Crippen LogP contribution in [0.15, 0.2) is 6.33 Å². The van der Waals surface area contributed by atoms with E-state index in [1.807, 2.05) is 0 Å². The monoisotopic (exact) mass is 248 g/mol. The lowest BCUT2D eigenvalue weighted by molar-refractivity contribution is -0.117. The van der Waals surface area contributed by atoms with Gasteiger partial charge >= 0.3 is 0 Å². The number of carbonyl (C=O) groups excluding carboxylic acids is 1. The highest BCUT2D eigenvalue weighted by molar-refractivity contribution is 6.42. The molecule has 1 atom stereocenters. The SMILES string of the molecule is CC[C@@H](N)C(=O)Nc1ncnc(Cl)c1Cl. The first kappa shape index (κ1) is 12.2. The van der Waals surface area contributed by atoms with Crippen molar-refractivity contribution in [2.24, 2.45) is 5.73 Å². The van der Waals surface area contributed by atoms with Crippen LogP contribution in [-0.2, 0) is 4.79 Å². The van der Waals surface area contributed by atoms with Crippen LogP contribution in [0.4, 0.5) is 5.82 Å². The summed E-state index contributed by atoms with van der Waals surface area (Å²) in [6.07, 6.45) is 1.74. The van der Waals surface area contributed by atoms with Crippen LogP contribution in [0.25, 0.3) is 0 Å². The Morgan fingerprint density at radius 1 is 1.60 bits per heavy atom. The summed E-state index contributed by atoms with van der Waals surface area (Å²) in [7, 11) is 0. The highest BCUT2D eigenvalue weighted by Gasteiger charge is 2.14. The quantitative estimate of drug-likeness (QED) is 0.794. The van der Waals surface area contributed by atoms with Gasteiger partial charge in [-0.1, -0.05) is 30.1 Å². The van der Waals surface area contributed by atoms with Crippen molar-refractivity contribution >= 4 is 34.9 Å². The zero-order valence-corrected chi connectivity index (χ0v) is 9.51. The number of carbonyl (C=O) groups is 1. The lowest BCUT2D eigenvalue weighted by Crippen LogP contribution is -2.35. The summed E-state index contributed by atoms with van der Waals surface area (Å²) in [4.78, 5) is 18.8. The predicted octanol–water partition coefficient (Wildman–Crippen LogP) is 1.46. The third kappa shape index (κ3) is 3.02. The largest absolute Gasteiger partial charge is 0.320 e. The first-order valence-electron chi connectivity index (χ1n) is 4.28. The van der Waals surface area contributed by atoms with Crippen LogP contribution in [0.1, 0.15) is 13.3 Å². The second-order valence-corrected chi connectivity index (χ2v) is 3.57. The van der Waals surface area contributed by atoms with E-state index in [0.29, 0.717) is 6.42 Å². The Morgan fingerprint density at radius 3 is 2.87 bits per heavy atom. The zero-order chi connectivity index (χ0) is 11.4. The van der Waals surface area contributed by atoms with Crippen molar-refractivity contribution in [1.29, 1.82) is 0 Å². The van der Waals surface area contributed by atoms with E-state index in [1.54, 1.807) is 6.92 Å². The molecule has 5 nitrogen and oxygen atoms in total. The van der Waals surface area contributed by atoms with Crippen LogP contribution in [0.5, 0.6) is 0 Å². The van der Waals surface area contributed by atoms with Crippen LogP contribution in [0.2, 0.25) is 10.2 Å². The molecule has 3 N–H and O–H groups in total. The number of hydrogen-bond donors (Lipinski definition) is 2. The van der Waals surface area contributed by atoms with Gasteiger partial charge in [-0.2, -0.15) is 0 Å². The summed E-state index contributed by atoms with van der Waals surface area (Å²) in [5.41, 5.74) is 5.52. The Kier molecular flexibility index (Phi) is 4.26. The zero-order valence-electron chi connectivity index (χ0n) is 8.00. The van der Waals surface area contributed by atoms with Crippen LogP contribution in [-0.4, -0.2) is 21.9 Å². The topological polar surface area (TPSA) is 80.9 Å². The Bertz CT molecular complexity index is 372. The Balaban J connectivity index is 2.81. The molecule has 0 fully saturated rings. The number of nitrogens with two attached hydrogens (primary N) is 1. The molecular formula is C8H10Cl2N4O. The van der Waals surface area contributed by atoms with E-state index in [4.69, 9.17) is 28.9 Å². The number of nitrogens with zero attached hydrogens (tertiary/aromatic N) is 2. The van der Waals surface area contributed by atoms with E-state index in [1.165, 1.54) is 6.33 Å². The number of hydrogen-bond acceptors (Lipinski definition) is 4. The van der Waals surface area contributed by atoms with Gasteiger partial charge in [-0.05, 0) is 6.42 Å². The van der Waals surface area contributed by atoms with Gasteiger partial charge in [-0.25, -0.2) is 9.97 Å². The minimum Gasteiger partial charge on any atom is -0.320 e. The van der Waals surface area contributed by atoms with Gasteiger partial charge in [0.15, 0.2) is 11.0 Å². The van der Waals surface area contributed by atoms with E-state index >= 15 is 0 Å². The smallest absolute Gasteiger partial charge is 0.242 e. The van der Waals surface area contributed by atoms with Crippen molar-refractivity contribution < 1.29 is 4.79 Å². The summed E-state index contributed by atoms with van der Waals surface area (Å²) < 4.78 is 0. The van der Waals surface area contributed by atoms with Crippen LogP contribution >= 0.6 is 23.2 Å². The van der Waals surface area contributed by atoms with Crippen molar-refractivity contribution in [3.63, 3.8) is 0 Å². The normalized spacial score (nSPS) is 12.3. The molecule has 0 saturated carbocycles.